The average molecular weight is 721 g/mol. The molecule has 0 bridgehead atoms. The smallest absolute Gasteiger partial charge is 0.139 e. The Hall–Kier alpha value is -5.73. The van der Waals surface area contributed by atoms with Crippen LogP contribution >= 0.6 is 0 Å². The Morgan fingerprint density at radius 1 is 0.404 bits per heavy atom. The number of hydrogen-bond donors (Lipinski definition) is 0. The van der Waals surface area contributed by atoms with Gasteiger partial charge in [-0.3, -0.25) is 4.57 Å². The van der Waals surface area contributed by atoms with Crippen molar-refractivity contribution in [1.82, 2.24) is 9.55 Å². The third-order valence-corrected chi connectivity index (χ3v) is 13.2. The summed E-state index contributed by atoms with van der Waals surface area (Å²) in [5.74, 6) is 1.07. The molecule has 1 heterocycles. The van der Waals surface area contributed by atoms with Gasteiger partial charge in [0.2, 0.25) is 0 Å². The number of aromatic nitrogens is 2. The highest BCUT2D eigenvalue weighted by molar-refractivity contribution is 6.71. The van der Waals surface area contributed by atoms with E-state index >= 15 is 0 Å². The zero-order chi connectivity index (χ0) is 39.7. The van der Waals surface area contributed by atoms with Crippen LogP contribution in [0.3, 0.4) is 0 Å². The van der Waals surface area contributed by atoms with Gasteiger partial charge in [0.25, 0.3) is 0 Å². The Bertz CT molecular complexity index is 3020. The van der Waals surface area contributed by atoms with Gasteiger partial charge in [-0.15, -0.1) is 21.9 Å². The molecule has 0 spiro atoms. The second kappa shape index (κ2) is 14.3. The molecule has 8 aromatic carbocycles. The number of para-hydroxylation sites is 2. The molecule has 9 rings (SSSR count). The molecule has 10 heteroatoms. The molecule has 2 nitrogen and oxygen atoms in total. The van der Waals surface area contributed by atoms with Crippen LogP contribution in [0, 0.1) is 0 Å². The largest absolute Gasteiger partial charge is 0.296 e. The van der Waals surface area contributed by atoms with Gasteiger partial charge in [-0.2, -0.15) is 0 Å². The van der Waals surface area contributed by atoms with Gasteiger partial charge in [-0.1, -0.05) is 120 Å². The molecule has 0 fully saturated rings. The molecule has 57 heavy (non-hydrogen) atoms. The van der Waals surface area contributed by atoms with Crippen molar-refractivity contribution in [1.29, 1.82) is 0 Å². The maximum absolute atomic E-state index is 4.99. The van der Waals surface area contributed by atoms with Crippen LogP contribution in [0.5, 0.6) is 0 Å². The van der Waals surface area contributed by atoms with Crippen LogP contribution in [0.1, 0.15) is 12.7 Å². The van der Waals surface area contributed by atoms with E-state index in [2.05, 4.69) is 202 Å². The summed E-state index contributed by atoms with van der Waals surface area (Å²) in [4.78, 5) is 4.99. The maximum atomic E-state index is 4.99. The molecule has 1 aromatic heterocycles. The first-order valence-corrected chi connectivity index (χ1v) is 20.4. The van der Waals surface area contributed by atoms with Crippen LogP contribution in [0.15, 0.2) is 127 Å². The number of rotatable bonds is 6. The van der Waals surface area contributed by atoms with Crippen molar-refractivity contribution in [3.63, 3.8) is 0 Å². The van der Waals surface area contributed by atoms with Crippen LogP contribution < -0.4 is 43.7 Å². The molecular weight excluding hydrogens is 679 g/mol. The Kier molecular flexibility index (Phi) is 9.27. The highest BCUT2D eigenvalue weighted by Crippen LogP contribution is 2.42. The molecule has 0 aliphatic heterocycles. The van der Waals surface area contributed by atoms with Gasteiger partial charge < -0.3 is 0 Å². The minimum atomic E-state index is 0.858. The van der Waals surface area contributed by atoms with E-state index in [0.717, 1.165) is 29.0 Å². The molecule has 0 amide bonds. The van der Waals surface area contributed by atoms with Crippen LogP contribution in [-0.2, 0) is 6.42 Å². The molecule has 0 atom stereocenters. The highest BCUT2D eigenvalue weighted by atomic mass is 15.1. The van der Waals surface area contributed by atoms with Crippen LogP contribution in [0.4, 0.5) is 0 Å². The number of nitrogens with zero attached hydrogens (tertiary/aromatic N) is 2. The normalized spacial score (nSPS) is 11.5. The zero-order valence-corrected chi connectivity index (χ0v) is 34.7. The Balaban J connectivity index is 1.36. The lowest BCUT2D eigenvalue weighted by Crippen LogP contribution is -2.50. The molecule has 0 radical (unpaired) electrons. The maximum Gasteiger partial charge on any atom is 0.139 e. The Morgan fingerprint density at radius 2 is 0.807 bits per heavy atom. The standard InChI is InChI=1S/C47H42B8N2/c1-2-33-56-31-19-6-7-20-32(31)57(33)30-18-10-15-27(23-30)26-14-9-17-29(22-26)35-38-36(40(48)44(52)46(54)42(38)50)34(37-39(35)43(51)47(55)45(53)41(37)49)28-16-8-13-25(21-28)24-11-4-3-5-12-24/h3-23H,2,48-55H2,1H3. The first-order valence-electron chi connectivity index (χ1n) is 20.4. The summed E-state index contributed by atoms with van der Waals surface area (Å²) in [7, 11) is 18.6. The summed E-state index contributed by atoms with van der Waals surface area (Å²) in [6, 6.07) is 46.7. The predicted molar refractivity (Wildman–Crippen MR) is 273 cm³/mol. The zero-order valence-electron chi connectivity index (χ0n) is 34.7. The van der Waals surface area contributed by atoms with E-state index in [-0.39, 0.29) is 0 Å². The summed E-state index contributed by atoms with van der Waals surface area (Å²) >= 11 is 0. The monoisotopic (exact) mass is 722 g/mol. The van der Waals surface area contributed by atoms with E-state index in [0.29, 0.717) is 0 Å². The summed E-state index contributed by atoms with van der Waals surface area (Å²) in [6.45, 7) is 2.19. The number of fused-ring (bicyclic) bond motifs is 3. The van der Waals surface area contributed by atoms with Crippen LogP contribution in [0.25, 0.3) is 82.8 Å². The molecule has 0 aliphatic rings. The summed E-state index contributed by atoms with van der Waals surface area (Å²) in [6.07, 6.45) is 0.858. The number of hydrogen-bond acceptors (Lipinski definition) is 1. The van der Waals surface area contributed by atoms with E-state index in [1.165, 1.54) is 110 Å². The third-order valence-electron chi connectivity index (χ3n) is 13.2. The minimum Gasteiger partial charge on any atom is -0.296 e. The predicted octanol–water partition coefficient (Wildman–Crippen LogP) is -1.37. The van der Waals surface area contributed by atoms with Gasteiger partial charge >= 0.3 is 0 Å². The van der Waals surface area contributed by atoms with Crippen LogP contribution in [-0.4, -0.2) is 72.3 Å². The lowest BCUT2D eigenvalue weighted by Gasteiger charge is -2.28. The Labute approximate surface area is 343 Å². The van der Waals surface area contributed by atoms with E-state index in [1.807, 2.05) is 0 Å². The van der Waals surface area contributed by atoms with Gasteiger partial charge in [-0.25, -0.2) is 4.98 Å². The first-order chi connectivity index (χ1) is 27.6. The van der Waals surface area contributed by atoms with E-state index in [9.17, 15) is 0 Å². The lowest BCUT2D eigenvalue weighted by molar-refractivity contribution is 0.908. The van der Waals surface area contributed by atoms with E-state index < -0.39 is 0 Å². The van der Waals surface area contributed by atoms with Crippen molar-refractivity contribution in [3.8, 4) is 50.2 Å². The van der Waals surface area contributed by atoms with Crippen molar-refractivity contribution in [2.24, 2.45) is 0 Å². The summed E-state index contributed by atoms with van der Waals surface area (Å²) in [5, 5.41) is 5.44. The van der Waals surface area contributed by atoms with Gasteiger partial charge in [0.15, 0.2) is 0 Å². The SMILES string of the molecule is Bc1c(B)c(B)c2c(-c3cccc(-c4cccc(-n5c(CC)nc6ccccc65)c4)c3)c3c(B)c(B)c(B)c(B)c3c(-c3cccc(-c4ccccc4)c3)c2c1B. The molecule has 0 saturated carbocycles. The fraction of sp³-hybridized carbons (Fsp3) is 0.0426. The van der Waals surface area contributed by atoms with E-state index in [1.54, 1.807) is 0 Å². The van der Waals surface area contributed by atoms with Crippen molar-refractivity contribution >= 4 is 139 Å². The number of imidazole rings is 1. The highest BCUT2D eigenvalue weighted by Gasteiger charge is 2.25. The summed E-state index contributed by atoms with van der Waals surface area (Å²) < 4.78 is 2.32. The second-order valence-corrected chi connectivity index (χ2v) is 16.0. The second-order valence-electron chi connectivity index (χ2n) is 16.0. The van der Waals surface area contributed by atoms with Crippen molar-refractivity contribution in [3.05, 3.63) is 133 Å². The molecule has 0 N–H and O–H groups in total. The first kappa shape index (κ1) is 36.9. The molecule has 9 aromatic rings. The Morgan fingerprint density at radius 3 is 1.32 bits per heavy atom. The quantitative estimate of drug-likeness (QED) is 0.153. The molecule has 0 aliphatic carbocycles. The molecule has 264 valence electrons. The van der Waals surface area contributed by atoms with Gasteiger partial charge in [0.05, 0.1) is 11.0 Å². The third kappa shape index (κ3) is 5.87. The van der Waals surface area contributed by atoms with Gasteiger partial charge in [-0.05, 0) is 102 Å². The molecular formula is C47H42B8N2. The molecule has 0 unspecified atom stereocenters. The minimum absolute atomic E-state index is 0.858. The van der Waals surface area contributed by atoms with Crippen molar-refractivity contribution < 1.29 is 0 Å². The van der Waals surface area contributed by atoms with Gasteiger partial charge in [0.1, 0.15) is 68.6 Å². The number of benzene rings is 8. The van der Waals surface area contributed by atoms with Crippen molar-refractivity contribution in [2.45, 2.75) is 13.3 Å². The summed E-state index contributed by atoms with van der Waals surface area (Å²) in [5.41, 5.74) is 24.2. The fourth-order valence-corrected chi connectivity index (χ4v) is 9.47. The van der Waals surface area contributed by atoms with Crippen molar-refractivity contribution in [2.75, 3.05) is 0 Å². The lowest BCUT2D eigenvalue weighted by atomic mass is 9.59. The van der Waals surface area contributed by atoms with Gasteiger partial charge in [0, 0.05) is 12.1 Å². The topological polar surface area (TPSA) is 17.8 Å². The van der Waals surface area contributed by atoms with Crippen LogP contribution in [0.2, 0.25) is 0 Å². The fourth-order valence-electron chi connectivity index (χ4n) is 9.47. The molecule has 0 saturated heterocycles. The van der Waals surface area contributed by atoms with E-state index in [4.69, 9.17) is 4.98 Å². The number of aryl methyl sites for hydroxylation is 1. The average Bonchev–Trinajstić information content (AvgIpc) is 3.64.